The van der Waals surface area contributed by atoms with E-state index in [1.165, 1.54) is 23.3 Å². The fourth-order valence-corrected chi connectivity index (χ4v) is 1.88. The molecule has 0 spiro atoms. The average molecular weight is 194 g/mol. The Bertz CT molecular complexity index is 305. The summed E-state index contributed by atoms with van der Waals surface area (Å²) in [4.78, 5) is 1.32. The highest BCUT2D eigenvalue weighted by Gasteiger charge is 2.23. The lowest BCUT2D eigenvalue weighted by Gasteiger charge is -2.07. The van der Waals surface area contributed by atoms with Gasteiger partial charge in [0, 0.05) is 4.90 Å². The zero-order valence-corrected chi connectivity index (χ0v) is 8.86. The number of hydrogen-bond acceptors (Lipinski definition) is 2. The van der Waals surface area contributed by atoms with Crippen molar-refractivity contribution in [2.45, 2.75) is 30.8 Å². The smallest absolute Gasteiger partial charge is 0.120 e. The summed E-state index contributed by atoms with van der Waals surface area (Å²) < 4.78 is 5.71. The van der Waals surface area contributed by atoms with Crippen LogP contribution in [0, 0.1) is 6.92 Å². The van der Waals surface area contributed by atoms with E-state index in [-0.39, 0.29) is 0 Å². The fourth-order valence-electron chi connectivity index (χ4n) is 1.25. The molecule has 1 aromatic rings. The van der Waals surface area contributed by atoms with E-state index in [9.17, 15) is 0 Å². The Morgan fingerprint density at radius 3 is 2.77 bits per heavy atom. The van der Waals surface area contributed by atoms with Crippen molar-refractivity contribution in [1.29, 1.82) is 0 Å². The molecule has 1 aliphatic carbocycles. The summed E-state index contributed by atoms with van der Waals surface area (Å²) in [6.45, 7) is 2.13. The van der Waals surface area contributed by atoms with Gasteiger partial charge in [-0.3, -0.25) is 0 Å². The second-order valence-corrected chi connectivity index (χ2v) is 4.30. The SMILES string of the molecule is CSc1cc(OC2CC2)ccc1C. The monoisotopic (exact) mass is 194 g/mol. The molecule has 1 nitrogen and oxygen atoms in total. The topological polar surface area (TPSA) is 9.23 Å². The summed E-state index contributed by atoms with van der Waals surface area (Å²) in [5.41, 5.74) is 1.33. The van der Waals surface area contributed by atoms with E-state index in [0.717, 1.165) is 5.75 Å². The molecule has 0 N–H and O–H groups in total. The molecular weight excluding hydrogens is 180 g/mol. The van der Waals surface area contributed by atoms with Crippen LogP contribution in [-0.2, 0) is 0 Å². The molecule has 0 saturated heterocycles. The third-order valence-corrected chi connectivity index (χ3v) is 3.09. The molecule has 1 aliphatic rings. The van der Waals surface area contributed by atoms with Gasteiger partial charge >= 0.3 is 0 Å². The van der Waals surface area contributed by atoms with Crippen LogP contribution in [0.2, 0.25) is 0 Å². The first-order valence-corrected chi connectivity index (χ1v) is 5.83. The van der Waals surface area contributed by atoms with Gasteiger partial charge in [-0.2, -0.15) is 0 Å². The Balaban J connectivity index is 2.16. The standard InChI is InChI=1S/C11H14OS/c1-8-3-4-10(7-11(8)13-2)12-9-5-6-9/h3-4,7,9H,5-6H2,1-2H3. The number of rotatable bonds is 3. The molecule has 1 fully saturated rings. The van der Waals surface area contributed by atoms with E-state index in [2.05, 4.69) is 31.4 Å². The van der Waals surface area contributed by atoms with Crippen molar-refractivity contribution in [3.05, 3.63) is 23.8 Å². The van der Waals surface area contributed by atoms with Gasteiger partial charge < -0.3 is 4.74 Å². The summed E-state index contributed by atoms with van der Waals surface area (Å²) >= 11 is 1.78. The van der Waals surface area contributed by atoms with Gasteiger partial charge in [0.05, 0.1) is 6.10 Å². The minimum Gasteiger partial charge on any atom is -0.490 e. The predicted octanol–water partition coefficient (Wildman–Crippen LogP) is 3.26. The normalized spacial score (nSPS) is 15.8. The van der Waals surface area contributed by atoms with Crippen LogP contribution in [0.15, 0.2) is 23.1 Å². The lowest BCUT2D eigenvalue weighted by Crippen LogP contribution is -1.95. The van der Waals surface area contributed by atoms with Crippen LogP contribution in [0.25, 0.3) is 0 Å². The molecule has 13 heavy (non-hydrogen) atoms. The number of ether oxygens (including phenoxy) is 1. The highest BCUT2D eigenvalue weighted by molar-refractivity contribution is 7.98. The lowest BCUT2D eigenvalue weighted by atomic mass is 10.2. The molecule has 0 radical (unpaired) electrons. The Hall–Kier alpha value is -0.630. The van der Waals surface area contributed by atoms with Crippen LogP contribution < -0.4 is 4.74 Å². The van der Waals surface area contributed by atoms with Gasteiger partial charge in [0.25, 0.3) is 0 Å². The van der Waals surface area contributed by atoms with Crippen molar-refractivity contribution in [1.82, 2.24) is 0 Å². The zero-order chi connectivity index (χ0) is 9.26. The van der Waals surface area contributed by atoms with Crippen molar-refractivity contribution >= 4 is 11.8 Å². The number of hydrogen-bond donors (Lipinski definition) is 0. The summed E-state index contributed by atoms with van der Waals surface area (Å²) in [5, 5.41) is 0. The molecule has 0 bridgehead atoms. The summed E-state index contributed by atoms with van der Waals surface area (Å²) in [7, 11) is 0. The van der Waals surface area contributed by atoms with Crippen molar-refractivity contribution in [2.75, 3.05) is 6.26 Å². The van der Waals surface area contributed by atoms with Gasteiger partial charge in [0.15, 0.2) is 0 Å². The van der Waals surface area contributed by atoms with Gasteiger partial charge in [-0.15, -0.1) is 11.8 Å². The molecule has 1 saturated carbocycles. The highest BCUT2D eigenvalue weighted by Crippen LogP contribution is 2.30. The summed E-state index contributed by atoms with van der Waals surface area (Å²) in [6, 6.07) is 6.33. The van der Waals surface area contributed by atoms with Crippen LogP contribution >= 0.6 is 11.8 Å². The Morgan fingerprint density at radius 1 is 1.38 bits per heavy atom. The van der Waals surface area contributed by atoms with E-state index in [1.54, 1.807) is 11.8 Å². The maximum atomic E-state index is 5.71. The minimum absolute atomic E-state index is 0.498. The van der Waals surface area contributed by atoms with Gasteiger partial charge in [-0.25, -0.2) is 0 Å². The van der Waals surface area contributed by atoms with Crippen molar-refractivity contribution in [3.63, 3.8) is 0 Å². The fraction of sp³-hybridized carbons (Fsp3) is 0.455. The van der Waals surface area contributed by atoms with E-state index in [0.29, 0.717) is 6.10 Å². The van der Waals surface area contributed by atoms with Crippen LogP contribution in [0.5, 0.6) is 5.75 Å². The first-order chi connectivity index (χ1) is 6.29. The average Bonchev–Trinajstić information content (AvgIpc) is 2.92. The minimum atomic E-state index is 0.498. The molecule has 2 heteroatoms. The summed E-state index contributed by atoms with van der Waals surface area (Å²) in [5.74, 6) is 1.03. The molecular formula is C11H14OS. The van der Waals surface area contributed by atoms with E-state index < -0.39 is 0 Å². The van der Waals surface area contributed by atoms with Crippen molar-refractivity contribution in [3.8, 4) is 5.75 Å². The Labute approximate surface area is 83.5 Å². The molecule has 70 valence electrons. The molecule has 0 aliphatic heterocycles. The molecule has 0 aromatic heterocycles. The van der Waals surface area contributed by atoms with Crippen LogP contribution in [0.3, 0.4) is 0 Å². The second-order valence-electron chi connectivity index (χ2n) is 3.45. The first-order valence-electron chi connectivity index (χ1n) is 4.61. The van der Waals surface area contributed by atoms with Gasteiger partial charge in [0.2, 0.25) is 0 Å². The quantitative estimate of drug-likeness (QED) is 0.683. The molecule has 0 amide bonds. The zero-order valence-electron chi connectivity index (χ0n) is 8.04. The van der Waals surface area contributed by atoms with Crippen LogP contribution in [-0.4, -0.2) is 12.4 Å². The number of benzene rings is 1. The molecule has 2 rings (SSSR count). The van der Waals surface area contributed by atoms with Crippen LogP contribution in [0.4, 0.5) is 0 Å². The van der Waals surface area contributed by atoms with Crippen LogP contribution in [0.1, 0.15) is 18.4 Å². The van der Waals surface area contributed by atoms with Crippen molar-refractivity contribution in [2.24, 2.45) is 0 Å². The van der Waals surface area contributed by atoms with E-state index in [1.807, 2.05) is 0 Å². The summed E-state index contributed by atoms with van der Waals surface area (Å²) in [6.07, 6.45) is 5.05. The van der Waals surface area contributed by atoms with Gasteiger partial charge in [-0.1, -0.05) is 6.07 Å². The van der Waals surface area contributed by atoms with Crippen molar-refractivity contribution < 1.29 is 4.74 Å². The number of aryl methyl sites for hydroxylation is 1. The molecule has 1 aromatic carbocycles. The predicted molar refractivity (Wildman–Crippen MR) is 56.6 cm³/mol. The second kappa shape index (κ2) is 3.62. The van der Waals surface area contributed by atoms with Gasteiger partial charge in [-0.05, 0) is 43.7 Å². The molecule has 0 unspecified atom stereocenters. The highest BCUT2D eigenvalue weighted by atomic mass is 32.2. The maximum Gasteiger partial charge on any atom is 0.120 e. The largest absolute Gasteiger partial charge is 0.490 e. The molecule has 0 heterocycles. The van der Waals surface area contributed by atoms with E-state index >= 15 is 0 Å². The first kappa shape index (κ1) is 8.95. The number of thioether (sulfide) groups is 1. The van der Waals surface area contributed by atoms with E-state index in [4.69, 9.17) is 4.74 Å². The molecule has 0 atom stereocenters. The maximum absolute atomic E-state index is 5.71. The lowest BCUT2D eigenvalue weighted by molar-refractivity contribution is 0.302. The van der Waals surface area contributed by atoms with Gasteiger partial charge in [0.1, 0.15) is 5.75 Å². The third kappa shape index (κ3) is 2.19. The Morgan fingerprint density at radius 2 is 2.15 bits per heavy atom. The Kier molecular flexibility index (Phi) is 2.49. The third-order valence-electron chi connectivity index (χ3n) is 2.21.